The fraction of sp³-hybridized carbons (Fsp3) is 0.909. The molecule has 2 aliphatic carbocycles. The zero-order valence-corrected chi connectivity index (χ0v) is 8.70. The number of amides is 1. The topological polar surface area (TPSA) is 46.3 Å². The Morgan fingerprint density at radius 3 is 2.43 bits per heavy atom. The predicted molar refractivity (Wildman–Crippen MR) is 53.4 cm³/mol. The van der Waals surface area contributed by atoms with Crippen molar-refractivity contribution in [2.24, 2.45) is 28.9 Å². The first-order valence-electron chi connectivity index (χ1n) is 5.65. The van der Waals surface area contributed by atoms with Gasteiger partial charge in [0.15, 0.2) is 0 Å². The maximum Gasteiger partial charge on any atom is 0.228 e. The summed E-state index contributed by atoms with van der Waals surface area (Å²) in [6, 6.07) is 0. The van der Waals surface area contributed by atoms with Crippen LogP contribution in [0.2, 0.25) is 0 Å². The van der Waals surface area contributed by atoms with Crippen molar-refractivity contribution in [3.63, 3.8) is 0 Å². The molecule has 3 nitrogen and oxygen atoms in total. The van der Waals surface area contributed by atoms with E-state index in [-0.39, 0.29) is 5.41 Å². The van der Waals surface area contributed by atoms with Gasteiger partial charge in [-0.1, -0.05) is 6.92 Å². The number of nitrogens with zero attached hydrogens (tertiary/aromatic N) is 1. The first-order valence-corrected chi connectivity index (χ1v) is 5.65. The van der Waals surface area contributed by atoms with Crippen molar-refractivity contribution in [2.45, 2.75) is 19.8 Å². The van der Waals surface area contributed by atoms with Gasteiger partial charge in [-0.15, -0.1) is 0 Å². The van der Waals surface area contributed by atoms with Crippen LogP contribution in [0.25, 0.3) is 0 Å². The molecule has 0 aromatic carbocycles. The molecule has 0 radical (unpaired) electrons. The highest BCUT2D eigenvalue weighted by Gasteiger charge is 2.58. The molecule has 0 aromatic heterocycles. The number of carbonyl (C=O) groups excluding carboxylic acids is 1. The van der Waals surface area contributed by atoms with Crippen molar-refractivity contribution in [1.29, 1.82) is 0 Å². The lowest BCUT2D eigenvalue weighted by Crippen LogP contribution is -2.37. The van der Waals surface area contributed by atoms with Gasteiger partial charge in [-0.05, 0) is 37.1 Å². The summed E-state index contributed by atoms with van der Waals surface area (Å²) in [5.74, 6) is 2.61. The largest absolute Gasteiger partial charge is 0.342 e. The standard InChI is InChI=1S/C11H18N2O/c1-11(2-3-11)10(14)13-5-8-7(4-12)9(8)6-13/h7-9H,2-6,12H2,1H3. The highest BCUT2D eigenvalue weighted by molar-refractivity contribution is 5.85. The Morgan fingerprint density at radius 1 is 1.43 bits per heavy atom. The summed E-state index contributed by atoms with van der Waals surface area (Å²) >= 11 is 0. The molecule has 2 atom stereocenters. The Hall–Kier alpha value is -0.570. The molecule has 0 bridgehead atoms. The van der Waals surface area contributed by atoms with Crippen LogP contribution in [0.1, 0.15) is 19.8 Å². The summed E-state index contributed by atoms with van der Waals surface area (Å²) in [6.07, 6.45) is 2.19. The third-order valence-electron chi connectivity index (χ3n) is 4.45. The van der Waals surface area contributed by atoms with Crippen molar-refractivity contribution in [1.82, 2.24) is 4.90 Å². The lowest BCUT2D eigenvalue weighted by Gasteiger charge is -2.23. The summed E-state index contributed by atoms with van der Waals surface area (Å²) in [6.45, 7) is 4.89. The van der Waals surface area contributed by atoms with E-state index in [1.807, 2.05) is 0 Å². The molecule has 78 valence electrons. The molecule has 2 saturated carbocycles. The van der Waals surface area contributed by atoms with E-state index in [2.05, 4.69) is 11.8 Å². The normalized spacial score (nSPS) is 42.1. The zero-order valence-electron chi connectivity index (χ0n) is 8.70. The lowest BCUT2D eigenvalue weighted by atomic mass is 10.1. The van der Waals surface area contributed by atoms with Crippen LogP contribution in [-0.2, 0) is 4.79 Å². The summed E-state index contributed by atoms with van der Waals surface area (Å²) in [4.78, 5) is 14.1. The third-order valence-corrected chi connectivity index (χ3v) is 4.45. The molecule has 2 unspecified atom stereocenters. The molecule has 0 spiro atoms. The van der Waals surface area contributed by atoms with Crippen LogP contribution in [-0.4, -0.2) is 30.4 Å². The lowest BCUT2D eigenvalue weighted by molar-refractivity contribution is -0.135. The van der Waals surface area contributed by atoms with Crippen molar-refractivity contribution in [3.8, 4) is 0 Å². The summed E-state index contributed by atoms with van der Waals surface area (Å²) in [7, 11) is 0. The number of rotatable bonds is 2. The van der Waals surface area contributed by atoms with Crippen LogP contribution < -0.4 is 5.73 Å². The molecule has 1 heterocycles. The number of likely N-dealkylation sites (tertiary alicyclic amines) is 1. The Bertz CT molecular complexity index is 273. The van der Waals surface area contributed by atoms with Gasteiger partial charge >= 0.3 is 0 Å². The molecular weight excluding hydrogens is 176 g/mol. The minimum atomic E-state index is 0.0228. The number of carbonyl (C=O) groups is 1. The van der Waals surface area contributed by atoms with E-state index in [1.165, 1.54) is 0 Å². The second kappa shape index (κ2) is 2.51. The molecule has 14 heavy (non-hydrogen) atoms. The average molecular weight is 194 g/mol. The fourth-order valence-corrected chi connectivity index (χ4v) is 2.95. The predicted octanol–water partition coefficient (Wildman–Crippen LogP) is 0.450. The van der Waals surface area contributed by atoms with Gasteiger partial charge in [0.05, 0.1) is 0 Å². The maximum absolute atomic E-state index is 12.0. The highest BCUT2D eigenvalue weighted by Crippen LogP contribution is 2.54. The van der Waals surface area contributed by atoms with Crippen LogP contribution in [0.5, 0.6) is 0 Å². The van der Waals surface area contributed by atoms with Crippen molar-refractivity contribution < 1.29 is 4.79 Å². The monoisotopic (exact) mass is 194 g/mol. The Balaban J connectivity index is 1.61. The van der Waals surface area contributed by atoms with Crippen LogP contribution in [0, 0.1) is 23.2 Å². The van der Waals surface area contributed by atoms with Crippen molar-refractivity contribution in [3.05, 3.63) is 0 Å². The molecule has 3 aliphatic rings. The summed E-state index contributed by atoms with van der Waals surface area (Å²) < 4.78 is 0. The van der Waals surface area contributed by atoms with E-state index in [4.69, 9.17) is 5.73 Å². The molecule has 3 heteroatoms. The Morgan fingerprint density at radius 2 is 2.00 bits per heavy atom. The zero-order chi connectivity index (χ0) is 9.92. The van der Waals surface area contributed by atoms with Gasteiger partial charge in [0.2, 0.25) is 5.91 Å². The molecule has 3 rings (SSSR count). The van der Waals surface area contributed by atoms with Crippen LogP contribution in [0.3, 0.4) is 0 Å². The maximum atomic E-state index is 12.0. The van der Waals surface area contributed by atoms with Crippen molar-refractivity contribution in [2.75, 3.05) is 19.6 Å². The molecular formula is C11H18N2O. The van der Waals surface area contributed by atoms with Gasteiger partial charge in [0.1, 0.15) is 0 Å². The van der Waals surface area contributed by atoms with E-state index in [9.17, 15) is 4.79 Å². The number of piperidine rings is 1. The van der Waals surface area contributed by atoms with E-state index >= 15 is 0 Å². The first kappa shape index (κ1) is 8.72. The molecule has 1 amide bonds. The van der Waals surface area contributed by atoms with Gasteiger partial charge in [-0.2, -0.15) is 0 Å². The van der Waals surface area contributed by atoms with Crippen LogP contribution in [0.4, 0.5) is 0 Å². The van der Waals surface area contributed by atoms with Gasteiger partial charge in [0.25, 0.3) is 0 Å². The number of nitrogens with two attached hydrogens (primary N) is 1. The van der Waals surface area contributed by atoms with Gasteiger partial charge in [0, 0.05) is 18.5 Å². The number of fused-ring (bicyclic) bond motifs is 1. The highest BCUT2D eigenvalue weighted by atomic mass is 16.2. The van der Waals surface area contributed by atoms with E-state index in [0.717, 1.165) is 50.2 Å². The molecule has 2 N–H and O–H groups in total. The summed E-state index contributed by atoms with van der Waals surface area (Å²) in [5.41, 5.74) is 5.66. The fourth-order valence-electron chi connectivity index (χ4n) is 2.95. The van der Waals surface area contributed by atoms with Gasteiger partial charge < -0.3 is 10.6 Å². The van der Waals surface area contributed by atoms with Crippen molar-refractivity contribution >= 4 is 5.91 Å². The Kier molecular flexibility index (Phi) is 1.56. The third kappa shape index (κ3) is 1.05. The second-order valence-corrected chi connectivity index (χ2v) is 5.50. The number of hydrogen-bond acceptors (Lipinski definition) is 2. The molecule has 1 aliphatic heterocycles. The second-order valence-electron chi connectivity index (χ2n) is 5.50. The van der Waals surface area contributed by atoms with E-state index in [0.29, 0.717) is 5.91 Å². The summed E-state index contributed by atoms with van der Waals surface area (Å²) in [5, 5.41) is 0. The molecule has 0 aromatic rings. The smallest absolute Gasteiger partial charge is 0.228 e. The minimum Gasteiger partial charge on any atom is -0.342 e. The molecule has 1 saturated heterocycles. The Labute approximate surface area is 84.6 Å². The first-order chi connectivity index (χ1) is 6.65. The van der Waals surface area contributed by atoms with Gasteiger partial charge in [-0.25, -0.2) is 0 Å². The van der Waals surface area contributed by atoms with Crippen LogP contribution >= 0.6 is 0 Å². The minimum absolute atomic E-state index is 0.0228. The van der Waals surface area contributed by atoms with E-state index < -0.39 is 0 Å². The quantitative estimate of drug-likeness (QED) is 0.693. The molecule has 3 fully saturated rings. The van der Waals surface area contributed by atoms with Gasteiger partial charge in [-0.3, -0.25) is 4.79 Å². The van der Waals surface area contributed by atoms with E-state index in [1.54, 1.807) is 0 Å². The van der Waals surface area contributed by atoms with Crippen LogP contribution in [0.15, 0.2) is 0 Å². The SMILES string of the molecule is CC1(C(=O)N2CC3C(CN)C3C2)CC1. The average Bonchev–Trinajstić information content (AvgIpc) is 3.04. The number of hydrogen-bond donors (Lipinski definition) is 1.